The van der Waals surface area contributed by atoms with Crippen LogP contribution in [0, 0.1) is 12.8 Å². The number of hydrogen-bond donors (Lipinski definition) is 1. The van der Waals surface area contributed by atoms with Crippen LogP contribution in [0.4, 0.5) is 5.82 Å². The van der Waals surface area contributed by atoms with Crippen molar-refractivity contribution in [1.82, 2.24) is 9.29 Å². The van der Waals surface area contributed by atoms with Crippen molar-refractivity contribution in [2.24, 2.45) is 5.92 Å². The van der Waals surface area contributed by atoms with Crippen LogP contribution >= 0.6 is 0 Å². The van der Waals surface area contributed by atoms with E-state index in [1.165, 1.54) is 9.87 Å². The van der Waals surface area contributed by atoms with Gasteiger partial charge in [-0.2, -0.15) is 4.31 Å². The summed E-state index contributed by atoms with van der Waals surface area (Å²) in [7, 11) is -3.51. The Morgan fingerprint density at radius 3 is 2.57 bits per heavy atom. The molecule has 1 aliphatic heterocycles. The number of benzene rings is 1. The van der Waals surface area contributed by atoms with Gasteiger partial charge in [0, 0.05) is 25.2 Å². The Morgan fingerprint density at radius 2 is 1.86 bits per heavy atom. The first-order valence-corrected chi connectivity index (χ1v) is 11.2. The van der Waals surface area contributed by atoms with Crippen molar-refractivity contribution in [3.63, 3.8) is 0 Å². The zero-order chi connectivity index (χ0) is 19.7. The van der Waals surface area contributed by atoms with Crippen LogP contribution in [0.25, 0.3) is 0 Å². The van der Waals surface area contributed by atoms with Crippen molar-refractivity contribution < 1.29 is 13.2 Å². The summed E-state index contributed by atoms with van der Waals surface area (Å²) in [6, 6.07) is 9.18. The highest BCUT2D eigenvalue weighted by molar-refractivity contribution is 7.89. The van der Waals surface area contributed by atoms with Crippen molar-refractivity contribution in [3.8, 4) is 0 Å². The number of hydrogen-bond acceptors (Lipinski definition) is 4. The molecule has 1 N–H and O–H groups in total. The van der Waals surface area contributed by atoms with Gasteiger partial charge in [0.05, 0.1) is 4.90 Å². The summed E-state index contributed by atoms with van der Waals surface area (Å²) in [4.78, 5) is 17.1. The molecule has 7 heteroatoms. The van der Waals surface area contributed by atoms with E-state index in [1.807, 2.05) is 25.1 Å². The molecule has 0 radical (unpaired) electrons. The minimum absolute atomic E-state index is 0.0917. The van der Waals surface area contributed by atoms with Crippen LogP contribution in [0.15, 0.2) is 41.4 Å². The Kier molecular flexibility index (Phi) is 5.21. The lowest BCUT2D eigenvalue weighted by atomic mass is 9.97. The number of aryl methyl sites for hydroxylation is 3. The van der Waals surface area contributed by atoms with Crippen molar-refractivity contribution in [2.75, 3.05) is 18.4 Å². The van der Waals surface area contributed by atoms with E-state index in [-0.39, 0.29) is 11.8 Å². The molecule has 148 valence electrons. The lowest BCUT2D eigenvalue weighted by Gasteiger charge is -2.30. The van der Waals surface area contributed by atoms with Crippen LogP contribution in [0.2, 0.25) is 0 Å². The van der Waals surface area contributed by atoms with Crippen LogP contribution in [0.3, 0.4) is 0 Å². The molecule has 2 heterocycles. The van der Waals surface area contributed by atoms with Crippen LogP contribution < -0.4 is 5.32 Å². The number of rotatable bonds is 4. The number of fused-ring (bicyclic) bond motifs is 1. The Hall–Kier alpha value is -2.25. The van der Waals surface area contributed by atoms with Crippen molar-refractivity contribution in [1.29, 1.82) is 0 Å². The smallest absolute Gasteiger partial charge is 0.243 e. The summed E-state index contributed by atoms with van der Waals surface area (Å²) in [6.45, 7) is 2.66. The third-order valence-electron chi connectivity index (χ3n) is 5.70. The zero-order valence-corrected chi connectivity index (χ0v) is 16.8. The highest BCUT2D eigenvalue weighted by Crippen LogP contribution is 2.28. The van der Waals surface area contributed by atoms with E-state index in [4.69, 9.17) is 0 Å². The summed E-state index contributed by atoms with van der Waals surface area (Å²) in [5, 5.41) is 2.83. The third-order valence-corrected chi connectivity index (χ3v) is 7.59. The maximum atomic E-state index is 13.0. The standard InChI is InChI=1S/C21H25N3O3S/c1-15-5-8-20(22-14-15)23-21(25)17-9-11-24(12-10-17)28(26,27)19-7-6-16-3-2-4-18(16)13-19/h5-8,13-14,17H,2-4,9-12H2,1H3,(H,22,23,25). The van der Waals surface area contributed by atoms with Gasteiger partial charge >= 0.3 is 0 Å². The van der Waals surface area contributed by atoms with E-state index in [2.05, 4.69) is 10.3 Å². The highest BCUT2D eigenvalue weighted by Gasteiger charge is 2.32. The molecular weight excluding hydrogens is 374 g/mol. The SMILES string of the molecule is Cc1ccc(NC(=O)C2CCN(S(=O)(=O)c3ccc4c(c3)CCC4)CC2)nc1. The van der Waals surface area contributed by atoms with E-state index in [1.54, 1.807) is 18.3 Å². The maximum Gasteiger partial charge on any atom is 0.243 e. The summed E-state index contributed by atoms with van der Waals surface area (Å²) in [5.74, 6) is 0.240. The predicted octanol–water partition coefficient (Wildman–Crippen LogP) is 2.92. The number of piperidine rings is 1. The fraction of sp³-hybridized carbons (Fsp3) is 0.429. The van der Waals surface area contributed by atoms with Gasteiger partial charge in [-0.15, -0.1) is 0 Å². The molecule has 0 unspecified atom stereocenters. The minimum Gasteiger partial charge on any atom is -0.310 e. The normalized spacial score (nSPS) is 18.0. The number of aromatic nitrogens is 1. The molecule has 2 aliphatic rings. The van der Waals surface area contributed by atoms with E-state index >= 15 is 0 Å². The van der Waals surface area contributed by atoms with Gasteiger partial charge in [0.15, 0.2) is 0 Å². The van der Waals surface area contributed by atoms with Gasteiger partial charge in [-0.3, -0.25) is 4.79 Å². The first kappa shape index (κ1) is 19.1. The van der Waals surface area contributed by atoms with Crippen molar-refractivity contribution >= 4 is 21.7 Å². The number of nitrogens with zero attached hydrogens (tertiary/aromatic N) is 2. The van der Waals surface area contributed by atoms with Crippen LogP contribution in [-0.4, -0.2) is 36.7 Å². The summed E-state index contributed by atoms with van der Waals surface area (Å²) < 4.78 is 27.5. The van der Waals surface area contributed by atoms with Crippen LogP contribution in [-0.2, 0) is 27.7 Å². The molecule has 2 aromatic rings. The Morgan fingerprint density at radius 1 is 1.11 bits per heavy atom. The molecule has 1 aliphatic carbocycles. The second-order valence-corrected chi connectivity index (χ2v) is 9.61. The first-order chi connectivity index (χ1) is 13.4. The zero-order valence-electron chi connectivity index (χ0n) is 16.0. The maximum absolute atomic E-state index is 13.0. The topological polar surface area (TPSA) is 79.4 Å². The summed E-state index contributed by atoms with van der Waals surface area (Å²) >= 11 is 0. The van der Waals surface area contributed by atoms with Gasteiger partial charge in [0.2, 0.25) is 15.9 Å². The van der Waals surface area contributed by atoms with Crippen LogP contribution in [0.1, 0.15) is 36.0 Å². The average molecular weight is 400 g/mol. The lowest BCUT2D eigenvalue weighted by Crippen LogP contribution is -2.41. The third kappa shape index (κ3) is 3.82. The Bertz CT molecular complexity index is 978. The molecule has 0 spiro atoms. The number of pyridine rings is 1. The number of nitrogens with one attached hydrogen (secondary N) is 1. The van der Waals surface area contributed by atoms with Gasteiger partial charge in [0.1, 0.15) is 5.82 Å². The number of carbonyl (C=O) groups is 1. The monoisotopic (exact) mass is 399 g/mol. The van der Waals surface area contributed by atoms with Crippen LogP contribution in [0.5, 0.6) is 0 Å². The van der Waals surface area contributed by atoms with E-state index in [0.29, 0.717) is 36.6 Å². The Balaban J connectivity index is 1.39. The predicted molar refractivity (Wildman–Crippen MR) is 108 cm³/mol. The molecule has 0 bridgehead atoms. The molecule has 0 saturated carbocycles. The molecule has 6 nitrogen and oxygen atoms in total. The van der Waals surface area contributed by atoms with E-state index in [0.717, 1.165) is 30.4 Å². The summed E-state index contributed by atoms with van der Waals surface area (Å²) in [6.07, 6.45) is 5.82. The number of anilines is 1. The molecule has 1 amide bonds. The molecule has 1 fully saturated rings. The van der Waals surface area contributed by atoms with Gasteiger partial charge in [-0.05, 0) is 73.9 Å². The molecule has 4 rings (SSSR count). The second-order valence-electron chi connectivity index (χ2n) is 7.67. The minimum atomic E-state index is -3.51. The quantitative estimate of drug-likeness (QED) is 0.857. The lowest BCUT2D eigenvalue weighted by molar-refractivity contribution is -0.120. The molecular formula is C21H25N3O3S. The van der Waals surface area contributed by atoms with E-state index in [9.17, 15) is 13.2 Å². The average Bonchev–Trinajstić information content (AvgIpc) is 3.17. The number of carbonyl (C=O) groups excluding carboxylic acids is 1. The highest BCUT2D eigenvalue weighted by atomic mass is 32.2. The van der Waals surface area contributed by atoms with Crippen molar-refractivity contribution in [2.45, 2.75) is 43.9 Å². The largest absolute Gasteiger partial charge is 0.310 e. The molecule has 1 saturated heterocycles. The number of amides is 1. The van der Waals surface area contributed by atoms with Crippen molar-refractivity contribution in [3.05, 3.63) is 53.2 Å². The number of sulfonamides is 1. The first-order valence-electron chi connectivity index (χ1n) is 9.79. The molecule has 1 aromatic heterocycles. The fourth-order valence-electron chi connectivity index (χ4n) is 3.99. The van der Waals surface area contributed by atoms with Gasteiger partial charge in [0.25, 0.3) is 0 Å². The molecule has 1 aromatic carbocycles. The summed E-state index contributed by atoms with van der Waals surface area (Å²) in [5.41, 5.74) is 3.45. The van der Waals surface area contributed by atoms with Gasteiger partial charge < -0.3 is 5.32 Å². The van der Waals surface area contributed by atoms with Gasteiger partial charge in [-0.25, -0.2) is 13.4 Å². The molecule has 0 atom stereocenters. The molecule has 28 heavy (non-hydrogen) atoms. The van der Waals surface area contributed by atoms with E-state index < -0.39 is 10.0 Å². The second kappa shape index (κ2) is 7.64. The fourth-order valence-corrected chi connectivity index (χ4v) is 5.51. The van der Waals surface area contributed by atoms with Gasteiger partial charge in [-0.1, -0.05) is 12.1 Å². The Labute approximate surface area is 166 Å².